The first kappa shape index (κ1) is 20.3. The van der Waals surface area contributed by atoms with Crippen molar-refractivity contribution in [1.29, 1.82) is 0 Å². The summed E-state index contributed by atoms with van der Waals surface area (Å²) in [6, 6.07) is 39.1. The zero-order chi connectivity index (χ0) is 18.6. The second-order valence-electron chi connectivity index (χ2n) is 6.83. The van der Waals surface area contributed by atoms with Gasteiger partial charge in [0.1, 0.15) is 0 Å². The molecule has 142 valence electrons. The van der Waals surface area contributed by atoms with Crippen molar-refractivity contribution in [3.05, 3.63) is 127 Å². The van der Waals surface area contributed by atoms with E-state index in [2.05, 4.69) is 0 Å². The molecule has 0 aliphatic rings. The average Bonchev–Trinajstić information content (AvgIpc) is 2.76. The molecule has 0 saturated carbocycles. The van der Waals surface area contributed by atoms with Gasteiger partial charge in [0.2, 0.25) is 0 Å². The molecule has 0 saturated heterocycles. The molecule has 4 rings (SSSR count). The monoisotopic (exact) mass is 408 g/mol. The molecular formula is C25H23ClFP. The van der Waals surface area contributed by atoms with E-state index in [1.807, 2.05) is 121 Å². The molecule has 0 aliphatic carbocycles. The molecule has 0 amide bonds. The minimum atomic E-state index is -4.18. The molecule has 0 fully saturated rings. The van der Waals surface area contributed by atoms with Crippen molar-refractivity contribution >= 4 is 35.2 Å². The van der Waals surface area contributed by atoms with Crippen LogP contribution in [0.15, 0.2) is 121 Å². The van der Waals surface area contributed by atoms with Gasteiger partial charge in [-0.3, -0.25) is 0 Å². The number of hydrogen-bond acceptors (Lipinski definition) is 0. The van der Waals surface area contributed by atoms with E-state index in [-0.39, 0.29) is 12.4 Å². The molecule has 3 heteroatoms. The van der Waals surface area contributed by atoms with E-state index in [1.54, 1.807) is 0 Å². The van der Waals surface area contributed by atoms with Gasteiger partial charge in [0.05, 0.1) is 0 Å². The molecule has 4 aromatic carbocycles. The summed E-state index contributed by atoms with van der Waals surface area (Å²) in [5.74, 6) is 0. The molecule has 28 heavy (non-hydrogen) atoms. The normalized spacial score (nSPS) is 12.4. The van der Waals surface area contributed by atoms with Gasteiger partial charge in [0.15, 0.2) is 0 Å². The van der Waals surface area contributed by atoms with Gasteiger partial charge in [0, 0.05) is 0 Å². The number of benzene rings is 4. The van der Waals surface area contributed by atoms with E-state index in [0.29, 0.717) is 6.16 Å². The summed E-state index contributed by atoms with van der Waals surface area (Å²) in [5, 5.41) is 2.30. The predicted molar refractivity (Wildman–Crippen MR) is 124 cm³/mol. The Bertz CT molecular complexity index is 906. The number of halogens is 2. The van der Waals surface area contributed by atoms with Crippen molar-refractivity contribution in [2.75, 3.05) is 0 Å². The van der Waals surface area contributed by atoms with Crippen LogP contribution in [-0.4, -0.2) is 0 Å². The van der Waals surface area contributed by atoms with Crippen molar-refractivity contribution < 1.29 is 4.20 Å². The van der Waals surface area contributed by atoms with Gasteiger partial charge in [0.25, 0.3) is 0 Å². The van der Waals surface area contributed by atoms with Gasteiger partial charge in [-0.2, -0.15) is 0 Å². The van der Waals surface area contributed by atoms with Crippen LogP contribution in [0, 0.1) is 0 Å². The van der Waals surface area contributed by atoms with Gasteiger partial charge in [-0.1, -0.05) is 0 Å². The minimum absolute atomic E-state index is 0. The van der Waals surface area contributed by atoms with E-state index in [1.165, 1.54) is 0 Å². The fraction of sp³-hybridized carbons (Fsp3) is 0.0400. The maximum absolute atomic E-state index is 18.2. The third kappa shape index (κ3) is 3.37. The number of hydrogen-bond donors (Lipinski definition) is 0. The van der Waals surface area contributed by atoms with Crippen LogP contribution in [-0.2, 0) is 6.16 Å². The summed E-state index contributed by atoms with van der Waals surface area (Å²) in [7, 11) is 0. The quantitative estimate of drug-likeness (QED) is 0.354. The summed E-state index contributed by atoms with van der Waals surface area (Å²) in [5.41, 5.74) is 1.01. The van der Waals surface area contributed by atoms with Crippen LogP contribution >= 0.6 is 19.3 Å². The van der Waals surface area contributed by atoms with Crippen LogP contribution < -0.4 is 15.9 Å². The molecule has 0 bridgehead atoms. The Kier molecular flexibility index (Phi) is 5.98. The Hall–Kier alpha value is -2.47. The Morgan fingerprint density at radius 1 is 0.464 bits per heavy atom. The molecule has 0 N–H and O–H groups in total. The van der Waals surface area contributed by atoms with Crippen LogP contribution in [0.1, 0.15) is 5.56 Å². The molecule has 0 aromatic heterocycles. The summed E-state index contributed by atoms with van der Waals surface area (Å²) in [6.07, 6.45) is 0.352. The van der Waals surface area contributed by atoms with Crippen LogP contribution in [0.25, 0.3) is 0 Å². The van der Waals surface area contributed by atoms with E-state index in [4.69, 9.17) is 0 Å². The molecule has 0 spiro atoms. The van der Waals surface area contributed by atoms with Gasteiger partial charge in [-0.15, -0.1) is 12.4 Å². The predicted octanol–water partition coefficient (Wildman–Crippen LogP) is 6.02. The Morgan fingerprint density at radius 3 is 1.07 bits per heavy atom. The van der Waals surface area contributed by atoms with Crippen LogP contribution in [0.5, 0.6) is 0 Å². The Labute approximate surface area is 172 Å². The SMILES string of the molecule is Cl.FP(Cc1ccccc1)(c1ccccc1)(c1ccccc1)c1ccccc1. The van der Waals surface area contributed by atoms with Crippen LogP contribution in [0.2, 0.25) is 0 Å². The van der Waals surface area contributed by atoms with Gasteiger partial charge < -0.3 is 0 Å². The first-order valence-electron chi connectivity index (χ1n) is 9.15. The summed E-state index contributed by atoms with van der Waals surface area (Å²) < 4.78 is 18.2. The van der Waals surface area contributed by atoms with Gasteiger partial charge >= 0.3 is 160 Å². The van der Waals surface area contributed by atoms with Crippen LogP contribution in [0.4, 0.5) is 4.20 Å². The second-order valence-corrected chi connectivity index (χ2v) is 11.1. The molecule has 0 radical (unpaired) electrons. The average molecular weight is 409 g/mol. The summed E-state index contributed by atoms with van der Waals surface area (Å²) in [6.45, 7) is -4.18. The fourth-order valence-electron chi connectivity index (χ4n) is 3.86. The molecule has 0 atom stereocenters. The van der Waals surface area contributed by atoms with Crippen LogP contribution in [0.3, 0.4) is 0 Å². The molecule has 0 unspecified atom stereocenters. The van der Waals surface area contributed by atoms with E-state index >= 15 is 4.20 Å². The van der Waals surface area contributed by atoms with Crippen molar-refractivity contribution in [2.45, 2.75) is 6.16 Å². The standard InChI is InChI=1S/C25H22FP.ClH/c26-27(23-15-7-2-8-16-23,24-17-9-3-10-18-24,25-19-11-4-12-20-25)21-22-13-5-1-6-14-22;/h1-20H,21H2;1H. The van der Waals surface area contributed by atoms with Crippen molar-refractivity contribution in [3.63, 3.8) is 0 Å². The fourth-order valence-corrected chi connectivity index (χ4v) is 8.58. The van der Waals surface area contributed by atoms with E-state index in [0.717, 1.165) is 21.5 Å². The van der Waals surface area contributed by atoms with Crippen molar-refractivity contribution in [3.8, 4) is 0 Å². The van der Waals surface area contributed by atoms with E-state index in [9.17, 15) is 0 Å². The number of rotatable bonds is 5. The third-order valence-electron chi connectivity index (χ3n) is 5.21. The summed E-state index contributed by atoms with van der Waals surface area (Å²) >= 11 is 0. The Morgan fingerprint density at radius 2 is 0.750 bits per heavy atom. The molecule has 0 aliphatic heterocycles. The first-order chi connectivity index (χ1) is 13.2. The van der Waals surface area contributed by atoms with Gasteiger partial charge in [-0.05, 0) is 0 Å². The third-order valence-corrected chi connectivity index (χ3v) is 10.3. The van der Waals surface area contributed by atoms with E-state index < -0.39 is 6.91 Å². The molecule has 0 heterocycles. The molecular weight excluding hydrogens is 386 g/mol. The Balaban J connectivity index is 0.00000225. The molecule has 4 aromatic rings. The molecule has 0 nitrogen and oxygen atoms in total. The van der Waals surface area contributed by atoms with Gasteiger partial charge in [-0.25, -0.2) is 0 Å². The zero-order valence-electron chi connectivity index (χ0n) is 15.5. The van der Waals surface area contributed by atoms with Crippen molar-refractivity contribution in [2.24, 2.45) is 0 Å². The maximum atomic E-state index is 18.2. The first-order valence-corrected chi connectivity index (χ1v) is 11.5. The van der Waals surface area contributed by atoms with Crippen molar-refractivity contribution in [1.82, 2.24) is 0 Å². The summed E-state index contributed by atoms with van der Waals surface area (Å²) in [4.78, 5) is 0. The zero-order valence-corrected chi connectivity index (χ0v) is 17.2. The second kappa shape index (κ2) is 8.27. The topological polar surface area (TPSA) is 0 Å².